The Kier molecular flexibility index (Phi) is 3.52. The molecule has 2 atom stereocenters. The molecule has 0 amide bonds. The zero-order valence-corrected chi connectivity index (χ0v) is 7.16. The molecule has 60 valence electrons. The third kappa shape index (κ3) is 2.90. The predicted octanol–water partition coefficient (Wildman–Crippen LogP) is 0.462. The third-order valence-corrected chi connectivity index (χ3v) is 2.79. The van der Waals surface area contributed by atoms with Crippen molar-refractivity contribution in [2.24, 2.45) is 0 Å². The van der Waals surface area contributed by atoms with E-state index in [9.17, 15) is 0 Å². The Bertz CT molecular complexity index is 91.6. The van der Waals surface area contributed by atoms with Gasteiger partial charge in [0.1, 0.15) is 0 Å². The molecule has 0 aromatic rings. The van der Waals surface area contributed by atoms with Gasteiger partial charge in [0.05, 0.1) is 6.10 Å². The number of thioether (sulfide) groups is 1. The van der Waals surface area contributed by atoms with Gasteiger partial charge < -0.3 is 10.4 Å². The van der Waals surface area contributed by atoms with Crippen LogP contribution in [0.2, 0.25) is 0 Å². The fourth-order valence-electron chi connectivity index (χ4n) is 1.03. The molecular formula is C7H15NOS. The van der Waals surface area contributed by atoms with Gasteiger partial charge in [0, 0.05) is 18.3 Å². The Hall–Kier alpha value is 0.270. The molecule has 1 aliphatic heterocycles. The molecule has 0 saturated carbocycles. The van der Waals surface area contributed by atoms with Gasteiger partial charge in [-0.2, -0.15) is 11.8 Å². The van der Waals surface area contributed by atoms with E-state index in [0.717, 1.165) is 6.54 Å². The second kappa shape index (κ2) is 4.21. The molecule has 0 radical (unpaired) electrons. The normalized spacial score (nSPS) is 28.8. The predicted molar refractivity (Wildman–Crippen MR) is 45.4 cm³/mol. The standard InChI is InChI=1S/C7H15NOS/c1-6(9)4-8-7-2-3-10-5-7/h6-9H,2-5H2,1H3/t6-,7?/m0/s1. The Balaban J connectivity index is 2.01. The molecule has 0 aromatic heterocycles. The topological polar surface area (TPSA) is 32.3 Å². The lowest BCUT2D eigenvalue weighted by Gasteiger charge is -2.11. The van der Waals surface area contributed by atoms with Crippen LogP contribution in [0.25, 0.3) is 0 Å². The molecule has 0 aromatic carbocycles. The number of hydrogen-bond acceptors (Lipinski definition) is 3. The zero-order chi connectivity index (χ0) is 7.40. The fourth-order valence-corrected chi connectivity index (χ4v) is 2.22. The molecule has 2 nitrogen and oxygen atoms in total. The van der Waals surface area contributed by atoms with Crippen molar-refractivity contribution < 1.29 is 5.11 Å². The van der Waals surface area contributed by atoms with Crippen molar-refractivity contribution in [3.05, 3.63) is 0 Å². The van der Waals surface area contributed by atoms with Crippen molar-refractivity contribution in [2.75, 3.05) is 18.1 Å². The lowest BCUT2D eigenvalue weighted by atomic mass is 10.2. The van der Waals surface area contributed by atoms with E-state index in [-0.39, 0.29) is 6.10 Å². The van der Waals surface area contributed by atoms with Crippen molar-refractivity contribution >= 4 is 11.8 Å². The molecule has 0 spiro atoms. The SMILES string of the molecule is C[C@H](O)CNC1CCSC1. The van der Waals surface area contributed by atoms with Gasteiger partial charge in [-0.1, -0.05) is 0 Å². The number of rotatable bonds is 3. The highest BCUT2D eigenvalue weighted by molar-refractivity contribution is 7.99. The fraction of sp³-hybridized carbons (Fsp3) is 1.00. The monoisotopic (exact) mass is 161 g/mol. The molecule has 1 unspecified atom stereocenters. The van der Waals surface area contributed by atoms with Crippen LogP contribution in [0.5, 0.6) is 0 Å². The third-order valence-electron chi connectivity index (χ3n) is 1.63. The van der Waals surface area contributed by atoms with E-state index < -0.39 is 0 Å². The van der Waals surface area contributed by atoms with Gasteiger partial charge >= 0.3 is 0 Å². The molecule has 3 heteroatoms. The van der Waals surface area contributed by atoms with E-state index in [1.807, 2.05) is 18.7 Å². The highest BCUT2D eigenvalue weighted by Gasteiger charge is 2.14. The summed E-state index contributed by atoms with van der Waals surface area (Å²) in [6.45, 7) is 2.56. The van der Waals surface area contributed by atoms with E-state index >= 15 is 0 Å². The minimum Gasteiger partial charge on any atom is -0.392 e. The van der Waals surface area contributed by atoms with Crippen molar-refractivity contribution in [3.63, 3.8) is 0 Å². The van der Waals surface area contributed by atoms with Crippen LogP contribution in [0, 0.1) is 0 Å². The molecular weight excluding hydrogens is 146 g/mol. The maximum atomic E-state index is 8.94. The van der Waals surface area contributed by atoms with Crippen molar-refractivity contribution in [1.82, 2.24) is 5.32 Å². The van der Waals surface area contributed by atoms with Crippen LogP contribution in [0.4, 0.5) is 0 Å². The summed E-state index contributed by atoms with van der Waals surface area (Å²) < 4.78 is 0. The first-order valence-electron chi connectivity index (χ1n) is 3.78. The quantitative estimate of drug-likeness (QED) is 0.631. The summed E-state index contributed by atoms with van der Waals surface area (Å²) >= 11 is 1.99. The highest BCUT2D eigenvalue weighted by atomic mass is 32.2. The lowest BCUT2D eigenvalue weighted by Crippen LogP contribution is -2.34. The van der Waals surface area contributed by atoms with E-state index in [4.69, 9.17) is 5.11 Å². The first-order valence-corrected chi connectivity index (χ1v) is 4.93. The minimum atomic E-state index is -0.203. The number of aliphatic hydroxyl groups is 1. The van der Waals surface area contributed by atoms with Crippen LogP contribution in [0.3, 0.4) is 0 Å². The largest absolute Gasteiger partial charge is 0.392 e. The van der Waals surface area contributed by atoms with Gasteiger partial charge in [0.2, 0.25) is 0 Å². The summed E-state index contributed by atoms with van der Waals surface area (Å²) in [5, 5.41) is 12.3. The lowest BCUT2D eigenvalue weighted by molar-refractivity contribution is 0.187. The van der Waals surface area contributed by atoms with Gasteiger partial charge in [-0.05, 0) is 19.1 Å². The smallest absolute Gasteiger partial charge is 0.0636 e. The Morgan fingerprint density at radius 3 is 3.10 bits per heavy atom. The number of aliphatic hydroxyl groups excluding tert-OH is 1. The average Bonchev–Trinajstić information content (AvgIpc) is 2.34. The van der Waals surface area contributed by atoms with Crippen LogP contribution in [-0.4, -0.2) is 35.3 Å². The molecule has 1 aliphatic rings. The number of hydrogen-bond donors (Lipinski definition) is 2. The highest BCUT2D eigenvalue weighted by Crippen LogP contribution is 2.16. The summed E-state index contributed by atoms with van der Waals surface area (Å²) in [6.07, 6.45) is 1.06. The second-order valence-corrected chi connectivity index (χ2v) is 3.97. The summed E-state index contributed by atoms with van der Waals surface area (Å²) in [7, 11) is 0. The van der Waals surface area contributed by atoms with Gasteiger partial charge in [0.15, 0.2) is 0 Å². The Morgan fingerprint density at radius 1 is 1.80 bits per heavy atom. The second-order valence-electron chi connectivity index (χ2n) is 2.82. The van der Waals surface area contributed by atoms with Crippen LogP contribution in [0.15, 0.2) is 0 Å². The Morgan fingerprint density at radius 2 is 2.60 bits per heavy atom. The molecule has 1 saturated heterocycles. The van der Waals surface area contributed by atoms with Crippen molar-refractivity contribution in [3.8, 4) is 0 Å². The number of nitrogens with one attached hydrogen (secondary N) is 1. The van der Waals surface area contributed by atoms with E-state index in [2.05, 4.69) is 5.32 Å². The summed E-state index contributed by atoms with van der Waals surface area (Å²) in [5.74, 6) is 2.49. The molecule has 2 N–H and O–H groups in total. The van der Waals surface area contributed by atoms with Crippen LogP contribution in [0.1, 0.15) is 13.3 Å². The van der Waals surface area contributed by atoms with Gasteiger partial charge in [0.25, 0.3) is 0 Å². The van der Waals surface area contributed by atoms with Crippen molar-refractivity contribution in [1.29, 1.82) is 0 Å². The Labute approximate surface area is 66.4 Å². The first kappa shape index (κ1) is 8.37. The maximum absolute atomic E-state index is 8.94. The van der Waals surface area contributed by atoms with Crippen molar-refractivity contribution in [2.45, 2.75) is 25.5 Å². The summed E-state index contributed by atoms with van der Waals surface area (Å²) in [4.78, 5) is 0. The van der Waals surface area contributed by atoms with Crippen LogP contribution < -0.4 is 5.32 Å². The minimum absolute atomic E-state index is 0.203. The zero-order valence-electron chi connectivity index (χ0n) is 6.34. The summed E-state index contributed by atoms with van der Waals surface area (Å²) in [6, 6.07) is 0.652. The first-order chi connectivity index (χ1) is 4.79. The van der Waals surface area contributed by atoms with Crippen LogP contribution >= 0.6 is 11.8 Å². The molecule has 0 aliphatic carbocycles. The molecule has 0 bridgehead atoms. The maximum Gasteiger partial charge on any atom is 0.0636 e. The molecule has 1 rings (SSSR count). The molecule has 1 fully saturated rings. The van der Waals surface area contributed by atoms with Gasteiger partial charge in [-0.25, -0.2) is 0 Å². The van der Waals surface area contributed by atoms with E-state index in [1.165, 1.54) is 17.9 Å². The van der Waals surface area contributed by atoms with Crippen LogP contribution in [-0.2, 0) is 0 Å². The van der Waals surface area contributed by atoms with Gasteiger partial charge in [-0.3, -0.25) is 0 Å². The molecule has 1 heterocycles. The van der Waals surface area contributed by atoms with E-state index in [1.54, 1.807) is 0 Å². The van der Waals surface area contributed by atoms with Gasteiger partial charge in [-0.15, -0.1) is 0 Å². The average molecular weight is 161 g/mol. The molecule has 10 heavy (non-hydrogen) atoms. The van der Waals surface area contributed by atoms with E-state index in [0.29, 0.717) is 6.04 Å². The summed E-state index contributed by atoms with van der Waals surface area (Å²) in [5.41, 5.74) is 0.